The topological polar surface area (TPSA) is 66.5 Å². The molecule has 0 saturated carbocycles. The molecule has 0 aliphatic carbocycles. The van der Waals surface area contributed by atoms with Gasteiger partial charge in [-0.05, 0) is 56.1 Å². The maximum Gasteiger partial charge on any atom is 0.238 e. The van der Waals surface area contributed by atoms with E-state index < -0.39 is 9.84 Å². The Hall–Kier alpha value is -2.18. The third-order valence-electron chi connectivity index (χ3n) is 4.85. The number of anilines is 1. The molecular weight excluding hydrogens is 360 g/mol. The molecule has 0 heterocycles. The lowest BCUT2D eigenvalue weighted by Gasteiger charge is -2.25. The summed E-state index contributed by atoms with van der Waals surface area (Å²) in [5, 5.41) is 3.04. The Kier molecular flexibility index (Phi) is 6.78. The third-order valence-corrected chi connectivity index (χ3v) is 5.98. The quantitative estimate of drug-likeness (QED) is 0.787. The van der Waals surface area contributed by atoms with E-state index in [0.29, 0.717) is 4.90 Å². The molecule has 1 atom stereocenters. The fourth-order valence-corrected chi connectivity index (χ4v) is 3.62. The largest absolute Gasteiger partial charge is 0.324 e. The Labute approximate surface area is 162 Å². The summed E-state index contributed by atoms with van der Waals surface area (Å²) < 4.78 is 23.2. The number of amides is 1. The lowest BCUT2D eigenvalue weighted by molar-refractivity contribution is -0.117. The summed E-state index contributed by atoms with van der Waals surface area (Å²) >= 11 is 0. The molecule has 0 aliphatic rings. The molecule has 0 radical (unpaired) electrons. The lowest BCUT2D eigenvalue weighted by atomic mass is 10.1. The van der Waals surface area contributed by atoms with Crippen LogP contribution < -0.4 is 5.32 Å². The number of carbonyl (C=O) groups is 1. The molecular formula is C21H28N2O3S. The molecule has 1 unspecified atom stereocenters. The van der Waals surface area contributed by atoms with E-state index in [-0.39, 0.29) is 18.5 Å². The third kappa shape index (κ3) is 5.40. The molecule has 0 aromatic heterocycles. The highest BCUT2D eigenvalue weighted by Gasteiger charge is 2.17. The summed E-state index contributed by atoms with van der Waals surface area (Å²) in [4.78, 5) is 14.8. The second-order valence-electron chi connectivity index (χ2n) is 6.94. The first-order valence-corrected chi connectivity index (χ1v) is 10.9. The Morgan fingerprint density at radius 1 is 1.15 bits per heavy atom. The highest BCUT2D eigenvalue weighted by Crippen LogP contribution is 2.23. The highest BCUT2D eigenvalue weighted by atomic mass is 32.2. The second kappa shape index (κ2) is 8.67. The average Bonchev–Trinajstić information content (AvgIpc) is 2.62. The van der Waals surface area contributed by atoms with Crippen LogP contribution in [-0.2, 0) is 21.1 Å². The van der Waals surface area contributed by atoms with Gasteiger partial charge in [-0.15, -0.1) is 0 Å². The summed E-state index contributed by atoms with van der Waals surface area (Å²) in [6.45, 7) is 6.30. The number of para-hydroxylation sites is 1. The van der Waals surface area contributed by atoms with Crippen molar-refractivity contribution in [3.63, 3.8) is 0 Å². The van der Waals surface area contributed by atoms with Crippen LogP contribution in [0.2, 0.25) is 0 Å². The number of rotatable bonds is 7. The molecule has 6 heteroatoms. The predicted molar refractivity (Wildman–Crippen MR) is 110 cm³/mol. The molecule has 2 rings (SSSR count). The minimum absolute atomic E-state index is 0.0214. The van der Waals surface area contributed by atoms with Crippen LogP contribution in [0.25, 0.3) is 0 Å². The molecule has 2 aromatic carbocycles. The SMILES string of the molecule is CCc1cccc(C)c1NC(=O)CN(C)C(C)c1ccc(S(C)(=O)=O)cc1. The lowest BCUT2D eigenvalue weighted by Crippen LogP contribution is -2.32. The normalized spacial score (nSPS) is 12.8. The molecule has 1 N–H and O–H groups in total. The zero-order valence-corrected chi connectivity index (χ0v) is 17.4. The smallest absolute Gasteiger partial charge is 0.238 e. The minimum Gasteiger partial charge on any atom is -0.324 e. The van der Waals surface area contributed by atoms with E-state index in [1.165, 1.54) is 6.26 Å². The number of sulfone groups is 1. The first kappa shape index (κ1) is 21.1. The van der Waals surface area contributed by atoms with Crippen molar-refractivity contribution >= 4 is 21.4 Å². The van der Waals surface area contributed by atoms with Gasteiger partial charge in [0.25, 0.3) is 0 Å². The zero-order valence-electron chi connectivity index (χ0n) is 16.6. The maximum atomic E-state index is 12.5. The Balaban J connectivity index is 2.06. The van der Waals surface area contributed by atoms with Crippen molar-refractivity contribution in [2.24, 2.45) is 0 Å². The first-order chi connectivity index (χ1) is 12.6. The fourth-order valence-electron chi connectivity index (χ4n) is 2.99. The van der Waals surface area contributed by atoms with Crippen molar-refractivity contribution in [2.45, 2.75) is 38.1 Å². The van der Waals surface area contributed by atoms with Gasteiger partial charge in [0.05, 0.1) is 11.4 Å². The fraction of sp³-hybridized carbons (Fsp3) is 0.381. The van der Waals surface area contributed by atoms with Crippen molar-refractivity contribution in [1.82, 2.24) is 4.90 Å². The molecule has 27 heavy (non-hydrogen) atoms. The van der Waals surface area contributed by atoms with E-state index in [1.807, 2.05) is 44.0 Å². The first-order valence-electron chi connectivity index (χ1n) is 9.02. The number of carbonyl (C=O) groups excluding carboxylic acids is 1. The maximum absolute atomic E-state index is 12.5. The molecule has 5 nitrogen and oxygen atoms in total. The van der Waals surface area contributed by atoms with E-state index in [1.54, 1.807) is 24.3 Å². The minimum atomic E-state index is -3.21. The highest BCUT2D eigenvalue weighted by molar-refractivity contribution is 7.90. The van der Waals surface area contributed by atoms with Crippen molar-refractivity contribution < 1.29 is 13.2 Å². The van der Waals surface area contributed by atoms with Crippen molar-refractivity contribution in [3.05, 3.63) is 59.2 Å². The summed E-state index contributed by atoms with van der Waals surface area (Å²) in [5.41, 5.74) is 4.02. The van der Waals surface area contributed by atoms with Crippen molar-refractivity contribution in [2.75, 3.05) is 25.2 Å². The molecule has 0 saturated heterocycles. The zero-order chi connectivity index (χ0) is 20.2. The summed E-state index contributed by atoms with van der Waals surface area (Å²) in [6, 6.07) is 12.8. The molecule has 0 aliphatic heterocycles. The number of likely N-dealkylation sites (N-methyl/N-ethyl adjacent to an activating group) is 1. The molecule has 146 valence electrons. The summed E-state index contributed by atoms with van der Waals surface area (Å²) in [7, 11) is -1.33. The number of nitrogens with zero attached hydrogens (tertiary/aromatic N) is 1. The van der Waals surface area contributed by atoms with Crippen LogP contribution in [0.1, 0.15) is 36.6 Å². The van der Waals surface area contributed by atoms with Gasteiger partial charge in [0, 0.05) is 18.0 Å². The van der Waals surface area contributed by atoms with Crippen LogP contribution in [0.5, 0.6) is 0 Å². The molecule has 0 bridgehead atoms. The molecule has 2 aromatic rings. The van der Waals surface area contributed by atoms with E-state index in [9.17, 15) is 13.2 Å². The molecule has 1 amide bonds. The van der Waals surface area contributed by atoms with Gasteiger partial charge >= 0.3 is 0 Å². The predicted octanol–water partition coefficient (Wildman–Crippen LogP) is 3.59. The van der Waals surface area contributed by atoms with Gasteiger partial charge in [-0.2, -0.15) is 0 Å². The standard InChI is InChI=1S/C21H28N2O3S/c1-6-17-9-7-8-15(2)21(17)22-20(24)14-23(4)16(3)18-10-12-19(13-11-18)27(5,25)26/h7-13,16H,6,14H2,1-5H3,(H,22,24). The number of hydrogen-bond acceptors (Lipinski definition) is 4. The van der Waals surface area contributed by atoms with Crippen LogP contribution >= 0.6 is 0 Å². The van der Waals surface area contributed by atoms with Crippen LogP contribution in [0.3, 0.4) is 0 Å². The number of hydrogen-bond donors (Lipinski definition) is 1. The van der Waals surface area contributed by atoms with Crippen LogP contribution in [-0.4, -0.2) is 39.1 Å². The van der Waals surface area contributed by atoms with Gasteiger partial charge in [0.2, 0.25) is 5.91 Å². The Morgan fingerprint density at radius 2 is 1.78 bits per heavy atom. The summed E-state index contributed by atoms with van der Waals surface area (Å²) in [5.74, 6) is -0.0684. The monoisotopic (exact) mass is 388 g/mol. The molecule has 0 fully saturated rings. The van der Waals surface area contributed by atoms with Crippen LogP contribution in [0, 0.1) is 6.92 Å². The van der Waals surface area contributed by atoms with Crippen molar-refractivity contribution in [3.8, 4) is 0 Å². The van der Waals surface area contributed by atoms with Gasteiger partial charge in [-0.3, -0.25) is 9.69 Å². The number of nitrogens with one attached hydrogen (secondary N) is 1. The van der Waals surface area contributed by atoms with Crippen molar-refractivity contribution in [1.29, 1.82) is 0 Å². The van der Waals surface area contributed by atoms with Gasteiger partial charge in [0.1, 0.15) is 0 Å². The Bertz CT molecular complexity index is 906. The van der Waals surface area contributed by atoms with E-state index >= 15 is 0 Å². The van der Waals surface area contributed by atoms with Crippen LogP contribution in [0.15, 0.2) is 47.4 Å². The van der Waals surface area contributed by atoms with Crippen LogP contribution in [0.4, 0.5) is 5.69 Å². The van der Waals surface area contributed by atoms with E-state index in [0.717, 1.165) is 28.8 Å². The van der Waals surface area contributed by atoms with Gasteiger partial charge < -0.3 is 5.32 Å². The average molecular weight is 389 g/mol. The number of benzene rings is 2. The van der Waals surface area contributed by atoms with E-state index in [2.05, 4.69) is 12.2 Å². The van der Waals surface area contributed by atoms with Gasteiger partial charge in [-0.1, -0.05) is 37.3 Å². The summed E-state index contributed by atoms with van der Waals surface area (Å²) in [6.07, 6.45) is 2.05. The van der Waals surface area contributed by atoms with Gasteiger partial charge in [0.15, 0.2) is 9.84 Å². The second-order valence-corrected chi connectivity index (χ2v) is 8.96. The van der Waals surface area contributed by atoms with Gasteiger partial charge in [-0.25, -0.2) is 8.42 Å². The Morgan fingerprint density at radius 3 is 2.33 bits per heavy atom. The van der Waals surface area contributed by atoms with E-state index in [4.69, 9.17) is 0 Å². The number of aryl methyl sites for hydroxylation is 2. The molecule has 0 spiro atoms.